The number of aryl methyl sites for hydroxylation is 1. The Bertz CT molecular complexity index is 738. The molecule has 0 saturated heterocycles. The van der Waals surface area contributed by atoms with Crippen LogP contribution in [0.15, 0.2) is 45.9 Å². The van der Waals surface area contributed by atoms with E-state index in [2.05, 4.69) is 31.6 Å². The monoisotopic (exact) mass is 395 g/mol. The van der Waals surface area contributed by atoms with Crippen LogP contribution >= 0.6 is 15.9 Å². The van der Waals surface area contributed by atoms with Gasteiger partial charge >= 0.3 is 0 Å². The number of halogens is 2. The van der Waals surface area contributed by atoms with Gasteiger partial charge in [-0.3, -0.25) is 0 Å². The number of hydrogen-bond donors (Lipinski definition) is 4. The number of hydrogen-bond acceptors (Lipinski definition) is 3. The molecule has 4 N–H and O–H groups in total. The van der Waals surface area contributed by atoms with Crippen molar-refractivity contribution in [2.45, 2.75) is 13.5 Å². The van der Waals surface area contributed by atoms with Gasteiger partial charge in [0.25, 0.3) is 0 Å². The lowest BCUT2D eigenvalue weighted by molar-refractivity contribution is 0.300. The molecule has 0 aliphatic rings. The number of nitrogens with one attached hydrogen (secondary N) is 2. The first-order valence-corrected chi connectivity index (χ1v) is 8.18. The number of aliphatic imine (C=N–C) groups is 1. The molecule has 0 aliphatic heterocycles. The van der Waals surface area contributed by atoms with Gasteiger partial charge in [-0.15, -0.1) is 0 Å². The summed E-state index contributed by atoms with van der Waals surface area (Å²) in [7, 11) is 0. The van der Waals surface area contributed by atoms with Crippen molar-refractivity contribution >= 4 is 27.6 Å². The van der Waals surface area contributed by atoms with Crippen molar-refractivity contribution in [1.29, 1.82) is 0 Å². The maximum Gasteiger partial charge on any atom is 0.196 e. The maximum atomic E-state index is 13.8. The minimum absolute atomic E-state index is 0.0551. The van der Waals surface area contributed by atoms with Crippen LogP contribution in [-0.2, 0) is 6.54 Å². The number of aliphatic hydroxyl groups excluding tert-OH is 1. The van der Waals surface area contributed by atoms with E-state index in [0.717, 1.165) is 15.7 Å². The number of benzene rings is 2. The molecule has 0 unspecified atom stereocenters. The van der Waals surface area contributed by atoms with Crippen molar-refractivity contribution in [3.8, 4) is 5.75 Å². The van der Waals surface area contributed by atoms with Crippen molar-refractivity contribution in [3.05, 3.63) is 57.8 Å². The van der Waals surface area contributed by atoms with Crippen LogP contribution < -0.4 is 10.6 Å². The molecule has 2 aromatic carbocycles. The molecule has 0 heterocycles. The second-order valence-electron chi connectivity index (χ2n) is 5.18. The first kappa shape index (κ1) is 18.2. The van der Waals surface area contributed by atoms with Crippen LogP contribution in [0.1, 0.15) is 11.1 Å². The quantitative estimate of drug-likeness (QED) is 0.356. The van der Waals surface area contributed by atoms with Gasteiger partial charge in [0, 0.05) is 22.3 Å². The van der Waals surface area contributed by atoms with Crippen molar-refractivity contribution < 1.29 is 14.6 Å². The molecule has 0 aromatic heterocycles. The molecule has 0 radical (unpaired) electrons. The van der Waals surface area contributed by atoms with E-state index < -0.39 is 0 Å². The third kappa shape index (κ3) is 5.21. The van der Waals surface area contributed by atoms with Crippen LogP contribution in [0, 0.1) is 12.7 Å². The van der Waals surface area contributed by atoms with Crippen molar-refractivity contribution in [1.82, 2.24) is 5.32 Å². The normalized spacial score (nSPS) is 11.4. The van der Waals surface area contributed by atoms with E-state index >= 15 is 0 Å². The summed E-state index contributed by atoms with van der Waals surface area (Å²) in [6.45, 7) is 2.24. The molecule has 0 spiro atoms. The molecule has 2 rings (SSSR count). The molecular formula is C17H19BrFN3O2. The van der Waals surface area contributed by atoms with E-state index in [4.69, 9.17) is 5.11 Å². The summed E-state index contributed by atoms with van der Waals surface area (Å²) in [5.74, 6) is 0.262. The Balaban J connectivity index is 2.19. The lowest BCUT2D eigenvalue weighted by Gasteiger charge is -2.14. The third-order valence-electron chi connectivity index (χ3n) is 3.28. The zero-order chi connectivity index (χ0) is 17.5. The summed E-state index contributed by atoms with van der Waals surface area (Å²) in [4.78, 5) is 4.35. The molecule has 2 aromatic rings. The smallest absolute Gasteiger partial charge is 0.196 e. The van der Waals surface area contributed by atoms with E-state index in [1.165, 1.54) is 6.07 Å². The van der Waals surface area contributed by atoms with Crippen LogP contribution in [0.25, 0.3) is 0 Å². The number of anilines is 1. The fourth-order valence-electron chi connectivity index (χ4n) is 2.06. The van der Waals surface area contributed by atoms with Crippen LogP contribution in [-0.4, -0.2) is 29.3 Å². The molecule has 0 amide bonds. The second-order valence-corrected chi connectivity index (χ2v) is 6.09. The van der Waals surface area contributed by atoms with Gasteiger partial charge in [-0.2, -0.15) is 0 Å². The van der Waals surface area contributed by atoms with Crippen molar-refractivity contribution in [2.24, 2.45) is 4.99 Å². The zero-order valence-corrected chi connectivity index (χ0v) is 14.8. The van der Waals surface area contributed by atoms with Crippen LogP contribution in [0.4, 0.5) is 10.1 Å². The Labute approximate surface area is 148 Å². The predicted octanol–water partition coefficient (Wildman–Crippen LogP) is 3.15. The highest BCUT2D eigenvalue weighted by atomic mass is 79.9. The third-order valence-corrected chi connectivity index (χ3v) is 3.78. The minimum Gasteiger partial charge on any atom is -0.508 e. The molecule has 0 atom stereocenters. The van der Waals surface area contributed by atoms with E-state index in [0.29, 0.717) is 18.1 Å². The maximum absolute atomic E-state index is 13.8. The summed E-state index contributed by atoms with van der Waals surface area (Å²) in [6, 6.07) is 9.60. The standard InChI is InChI=1S/C17H19BrFN3O2/c1-11-8-14(24)3-5-16(11)22-17(20-6-7-23)21-10-12-9-13(18)2-4-15(12)19/h2-5,8-9,23-24H,6-7,10H2,1H3,(H2,20,21,22). The minimum atomic E-state index is -0.329. The Morgan fingerprint density at radius 3 is 2.75 bits per heavy atom. The SMILES string of the molecule is Cc1cc(O)ccc1NC(=NCc1cc(Br)ccc1F)NCCO. The van der Waals surface area contributed by atoms with Gasteiger partial charge < -0.3 is 20.8 Å². The highest BCUT2D eigenvalue weighted by molar-refractivity contribution is 9.10. The van der Waals surface area contributed by atoms with Gasteiger partial charge in [-0.1, -0.05) is 15.9 Å². The van der Waals surface area contributed by atoms with Gasteiger partial charge in [-0.05, 0) is 48.9 Å². The van der Waals surface area contributed by atoms with E-state index in [9.17, 15) is 9.50 Å². The number of phenols is 1. The lowest BCUT2D eigenvalue weighted by Crippen LogP contribution is -2.33. The number of nitrogens with zero attached hydrogens (tertiary/aromatic N) is 1. The first-order chi connectivity index (χ1) is 11.5. The molecular weight excluding hydrogens is 377 g/mol. The fourth-order valence-corrected chi connectivity index (χ4v) is 2.47. The predicted molar refractivity (Wildman–Crippen MR) is 96.8 cm³/mol. The van der Waals surface area contributed by atoms with E-state index in [1.807, 2.05) is 6.92 Å². The molecule has 0 aliphatic carbocycles. The van der Waals surface area contributed by atoms with E-state index in [-0.39, 0.29) is 24.7 Å². The van der Waals surface area contributed by atoms with Crippen LogP contribution in [0.5, 0.6) is 5.75 Å². The highest BCUT2D eigenvalue weighted by Gasteiger charge is 2.06. The van der Waals surface area contributed by atoms with Crippen LogP contribution in [0.2, 0.25) is 0 Å². The Morgan fingerprint density at radius 2 is 2.04 bits per heavy atom. The number of guanidine groups is 1. The lowest BCUT2D eigenvalue weighted by atomic mass is 10.2. The van der Waals surface area contributed by atoms with Gasteiger partial charge in [0.2, 0.25) is 0 Å². The summed E-state index contributed by atoms with van der Waals surface area (Å²) in [5, 5.41) is 24.5. The molecule has 0 fully saturated rings. The molecule has 0 saturated carbocycles. The van der Waals surface area contributed by atoms with Gasteiger partial charge in [-0.25, -0.2) is 9.38 Å². The summed E-state index contributed by atoms with van der Waals surface area (Å²) < 4.78 is 14.6. The number of aromatic hydroxyl groups is 1. The van der Waals surface area contributed by atoms with Gasteiger partial charge in [0.15, 0.2) is 5.96 Å². The van der Waals surface area contributed by atoms with Crippen molar-refractivity contribution in [3.63, 3.8) is 0 Å². The molecule has 128 valence electrons. The summed E-state index contributed by atoms with van der Waals surface area (Å²) in [6.07, 6.45) is 0. The largest absolute Gasteiger partial charge is 0.508 e. The molecule has 5 nitrogen and oxygen atoms in total. The highest BCUT2D eigenvalue weighted by Crippen LogP contribution is 2.20. The van der Waals surface area contributed by atoms with Crippen molar-refractivity contribution in [2.75, 3.05) is 18.5 Å². The molecule has 0 bridgehead atoms. The topological polar surface area (TPSA) is 76.9 Å². The Hall–Kier alpha value is -2.12. The van der Waals surface area contributed by atoms with E-state index in [1.54, 1.807) is 30.3 Å². The zero-order valence-electron chi connectivity index (χ0n) is 13.2. The number of rotatable bonds is 5. The number of aliphatic hydroxyl groups is 1. The Morgan fingerprint density at radius 1 is 1.25 bits per heavy atom. The summed E-state index contributed by atoms with van der Waals surface area (Å²) in [5.41, 5.74) is 2.05. The average Bonchev–Trinajstić information content (AvgIpc) is 2.55. The molecule has 24 heavy (non-hydrogen) atoms. The first-order valence-electron chi connectivity index (χ1n) is 7.39. The van der Waals surface area contributed by atoms with Gasteiger partial charge in [0.1, 0.15) is 11.6 Å². The molecule has 7 heteroatoms. The summed E-state index contributed by atoms with van der Waals surface area (Å²) >= 11 is 3.31. The average molecular weight is 396 g/mol. The Kier molecular flexibility index (Phi) is 6.57. The van der Waals surface area contributed by atoms with Gasteiger partial charge in [0.05, 0.1) is 13.2 Å². The second kappa shape index (κ2) is 8.65. The number of phenolic OH excluding ortho intramolecular Hbond substituents is 1. The van der Waals surface area contributed by atoms with Crippen LogP contribution in [0.3, 0.4) is 0 Å². The fraction of sp³-hybridized carbons (Fsp3) is 0.235.